The second kappa shape index (κ2) is 4.10. The van der Waals surface area contributed by atoms with Gasteiger partial charge in [0.25, 0.3) is 0 Å². The summed E-state index contributed by atoms with van der Waals surface area (Å²) in [5, 5.41) is 9.95. The summed E-state index contributed by atoms with van der Waals surface area (Å²) in [6.07, 6.45) is 1.82. The first-order chi connectivity index (χ1) is 7.63. The number of nitrogens with zero attached hydrogens (tertiary/aromatic N) is 1. The summed E-state index contributed by atoms with van der Waals surface area (Å²) in [5.74, 6) is 0.0623. The fraction of sp³-hybridized carbons (Fsp3) is 0.308. The maximum atomic E-state index is 11.5. The summed E-state index contributed by atoms with van der Waals surface area (Å²) in [6, 6.07) is 6.02. The van der Waals surface area contributed by atoms with Crippen molar-refractivity contribution >= 4 is 16.7 Å². The van der Waals surface area contributed by atoms with Gasteiger partial charge in [0, 0.05) is 29.2 Å². The summed E-state index contributed by atoms with van der Waals surface area (Å²) in [4.78, 5) is 11.5. The van der Waals surface area contributed by atoms with Crippen LogP contribution in [-0.2, 0) is 6.54 Å². The monoisotopic (exact) mass is 217 g/mol. The minimum atomic E-state index is 0.0623. The molecule has 3 heteroatoms. The number of rotatable bonds is 3. The standard InChI is InChI=1S/C13H15NO2/c1-9-3-4-13-11(7-9)12(10(2)16)8-14(13)5-6-15/h3-4,7-8,15H,5-6H2,1-2H3. The van der Waals surface area contributed by atoms with E-state index in [9.17, 15) is 4.79 Å². The molecule has 84 valence electrons. The molecule has 2 rings (SSSR count). The first-order valence-electron chi connectivity index (χ1n) is 5.35. The molecular weight excluding hydrogens is 202 g/mol. The van der Waals surface area contributed by atoms with Crippen LogP contribution in [0.25, 0.3) is 10.9 Å². The number of benzene rings is 1. The molecule has 1 N–H and O–H groups in total. The molecule has 2 aromatic rings. The number of carbonyl (C=O) groups excluding carboxylic acids is 1. The van der Waals surface area contributed by atoms with E-state index in [1.54, 1.807) is 6.92 Å². The zero-order valence-electron chi connectivity index (χ0n) is 9.53. The van der Waals surface area contributed by atoms with Crippen LogP contribution in [0.4, 0.5) is 0 Å². The Morgan fingerprint density at radius 3 is 2.81 bits per heavy atom. The number of hydrogen-bond acceptors (Lipinski definition) is 2. The molecule has 0 fully saturated rings. The van der Waals surface area contributed by atoms with Crippen LogP contribution in [0.1, 0.15) is 22.8 Å². The lowest BCUT2D eigenvalue weighted by atomic mass is 10.1. The smallest absolute Gasteiger partial charge is 0.161 e. The number of hydrogen-bond donors (Lipinski definition) is 1. The molecule has 0 aliphatic heterocycles. The maximum absolute atomic E-state index is 11.5. The molecule has 0 radical (unpaired) electrons. The highest BCUT2D eigenvalue weighted by molar-refractivity contribution is 6.07. The Kier molecular flexibility index (Phi) is 2.79. The van der Waals surface area contributed by atoms with E-state index in [0.29, 0.717) is 6.54 Å². The van der Waals surface area contributed by atoms with E-state index in [-0.39, 0.29) is 12.4 Å². The van der Waals surface area contributed by atoms with Gasteiger partial charge in [-0.3, -0.25) is 4.79 Å². The van der Waals surface area contributed by atoms with Crippen molar-refractivity contribution in [3.63, 3.8) is 0 Å². The van der Waals surface area contributed by atoms with E-state index < -0.39 is 0 Å². The Morgan fingerprint density at radius 1 is 1.44 bits per heavy atom. The van der Waals surface area contributed by atoms with Crippen molar-refractivity contribution in [3.8, 4) is 0 Å². The topological polar surface area (TPSA) is 42.2 Å². The van der Waals surface area contributed by atoms with Crippen LogP contribution in [0.5, 0.6) is 0 Å². The molecular formula is C13H15NO2. The quantitative estimate of drug-likeness (QED) is 0.800. The number of aromatic nitrogens is 1. The lowest BCUT2D eigenvalue weighted by molar-refractivity contribution is 0.101. The van der Waals surface area contributed by atoms with Gasteiger partial charge in [0.2, 0.25) is 0 Å². The molecule has 0 amide bonds. The molecule has 0 spiro atoms. The molecule has 0 saturated carbocycles. The Bertz CT molecular complexity index is 540. The molecule has 0 aliphatic rings. The van der Waals surface area contributed by atoms with Gasteiger partial charge in [-0.25, -0.2) is 0 Å². The van der Waals surface area contributed by atoms with Gasteiger partial charge in [-0.1, -0.05) is 11.6 Å². The summed E-state index contributed by atoms with van der Waals surface area (Å²) in [7, 11) is 0. The van der Waals surface area contributed by atoms with Gasteiger partial charge in [0.05, 0.1) is 6.61 Å². The van der Waals surface area contributed by atoms with Gasteiger partial charge >= 0.3 is 0 Å². The Morgan fingerprint density at radius 2 is 2.19 bits per heavy atom. The van der Waals surface area contributed by atoms with Crippen molar-refractivity contribution < 1.29 is 9.90 Å². The number of carbonyl (C=O) groups is 1. The van der Waals surface area contributed by atoms with E-state index in [0.717, 1.165) is 22.0 Å². The Balaban J connectivity index is 2.71. The summed E-state index contributed by atoms with van der Waals surface area (Å²) in [5.41, 5.74) is 2.87. The van der Waals surface area contributed by atoms with Crippen molar-refractivity contribution in [2.75, 3.05) is 6.61 Å². The van der Waals surface area contributed by atoms with Crippen LogP contribution in [0.2, 0.25) is 0 Å². The fourth-order valence-electron chi connectivity index (χ4n) is 1.98. The zero-order chi connectivity index (χ0) is 11.7. The normalized spacial score (nSPS) is 10.9. The molecule has 0 saturated heterocycles. The predicted molar refractivity (Wildman–Crippen MR) is 63.8 cm³/mol. The van der Waals surface area contributed by atoms with E-state index in [1.807, 2.05) is 35.9 Å². The summed E-state index contributed by atoms with van der Waals surface area (Å²) >= 11 is 0. The molecule has 1 heterocycles. The van der Waals surface area contributed by atoms with E-state index in [2.05, 4.69) is 0 Å². The molecule has 1 aromatic carbocycles. The van der Waals surface area contributed by atoms with Crippen molar-refractivity contribution in [3.05, 3.63) is 35.5 Å². The first-order valence-corrected chi connectivity index (χ1v) is 5.35. The van der Waals surface area contributed by atoms with E-state index >= 15 is 0 Å². The largest absolute Gasteiger partial charge is 0.395 e. The van der Waals surface area contributed by atoms with Gasteiger partial charge in [-0.2, -0.15) is 0 Å². The third-order valence-corrected chi connectivity index (χ3v) is 2.76. The molecule has 1 aromatic heterocycles. The Labute approximate surface area is 94.3 Å². The zero-order valence-corrected chi connectivity index (χ0v) is 9.53. The third-order valence-electron chi connectivity index (χ3n) is 2.76. The average Bonchev–Trinajstić information content (AvgIpc) is 2.57. The number of fused-ring (bicyclic) bond motifs is 1. The van der Waals surface area contributed by atoms with Gasteiger partial charge in [-0.05, 0) is 26.0 Å². The second-order valence-electron chi connectivity index (χ2n) is 4.04. The van der Waals surface area contributed by atoms with Crippen LogP contribution in [0.3, 0.4) is 0 Å². The molecule has 0 aliphatic carbocycles. The molecule has 0 bridgehead atoms. The van der Waals surface area contributed by atoms with Crippen LogP contribution >= 0.6 is 0 Å². The molecule has 3 nitrogen and oxygen atoms in total. The van der Waals surface area contributed by atoms with E-state index in [4.69, 9.17) is 5.11 Å². The van der Waals surface area contributed by atoms with Crippen LogP contribution < -0.4 is 0 Å². The number of aliphatic hydroxyl groups is 1. The summed E-state index contributed by atoms with van der Waals surface area (Å²) < 4.78 is 1.92. The van der Waals surface area contributed by atoms with Crippen molar-refractivity contribution in [1.29, 1.82) is 0 Å². The lowest BCUT2D eigenvalue weighted by Crippen LogP contribution is -2.00. The highest BCUT2D eigenvalue weighted by atomic mass is 16.3. The van der Waals surface area contributed by atoms with Gasteiger partial charge in [-0.15, -0.1) is 0 Å². The van der Waals surface area contributed by atoms with Crippen molar-refractivity contribution in [2.24, 2.45) is 0 Å². The first kappa shape index (κ1) is 10.9. The highest BCUT2D eigenvalue weighted by Gasteiger charge is 2.11. The van der Waals surface area contributed by atoms with Crippen LogP contribution in [0, 0.1) is 6.92 Å². The summed E-state index contributed by atoms with van der Waals surface area (Å²) in [6.45, 7) is 4.18. The van der Waals surface area contributed by atoms with Crippen LogP contribution in [-0.4, -0.2) is 22.1 Å². The number of Topliss-reactive ketones (excluding diaryl/α,β-unsaturated/α-hetero) is 1. The number of aryl methyl sites for hydroxylation is 1. The lowest BCUT2D eigenvalue weighted by Gasteiger charge is -2.01. The van der Waals surface area contributed by atoms with Crippen LogP contribution in [0.15, 0.2) is 24.4 Å². The van der Waals surface area contributed by atoms with Gasteiger partial charge < -0.3 is 9.67 Å². The number of aliphatic hydroxyl groups excluding tert-OH is 1. The average molecular weight is 217 g/mol. The second-order valence-corrected chi connectivity index (χ2v) is 4.04. The van der Waals surface area contributed by atoms with Gasteiger partial charge in [0.1, 0.15) is 0 Å². The van der Waals surface area contributed by atoms with Gasteiger partial charge in [0.15, 0.2) is 5.78 Å². The highest BCUT2D eigenvalue weighted by Crippen LogP contribution is 2.23. The maximum Gasteiger partial charge on any atom is 0.161 e. The van der Waals surface area contributed by atoms with Crippen molar-refractivity contribution in [2.45, 2.75) is 20.4 Å². The predicted octanol–water partition coefficient (Wildman–Crippen LogP) is 2.14. The SMILES string of the molecule is CC(=O)c1cn(CCO)c2ccc(C)cc12. The fourth-order valence-corrected chi connectivity index (χ4v) is 1.98. The Hall–Kier alpha value is -1.61. The molecule has 0 atom stereocenters. The van der Waals surface area contributed by atoms with Crippen molar-refractivity contribution in [1.82, 2.24) is 4.57 Å². The number of ketones is 1. The minimum Gasteiger partial charge on any atom is -0.395 e. The third kappa shape index (κ3) is 1.74. The minimum absolute atomic E-state index is 0.0623. The molecule has 0 unspecified atom stereocenters. The molecule has 16 heavy (non-hydrogen) atoms. The van der Waals surface area contributed by atoms with E-state index in [1.165, 1.54) is 0 Å².